The molecule has 0 fully saturated rings. The second-order valence-corrected chi connectivity index (χ2v) is 5.17. The summed E-state index contributed by atoms with van der Waals surface area (Å²) in [6, 6.07) is 5.66. The van der Waals surface area contributed by atoms with Crippen LogP contribution in [0.5, 0.6) is 0 Å². The molecule has 2 rings (SSSR count). The van der Waals surface area contributed by atoms with Gasteiger partial charge in [0.15, 0.2) is 11.7 Å². The van der Waals surface area contributed by atoms with Crippen LogP contribution in [-0.4, -0.2) is 18.1 Å². The van der Waals surface area contributed by atoms with E-state index in [1.54, 1.807) is 6.20 Å². The molecular formula is C13H14BrClN2O. The van der Waals surface area contributed by atoms with Crippen LogP contribution >= 0.6 is 27.5 Å². The van der Waals surface area contributed by atoms with Crippen LogP contribution in [0.1, 0.15) is 12.8 Å². The minimum absolute atomic E-state index is 0.660. The van der Waals surface area contributed by atoms with Gasteiger partial charge in [0.1, 0.15) is 0 Å². The van der Waals surface area contributed by atoms with Crippen molar-refractivity contribution < 1.29 is 4.42 Å². The lowest BCUT2D eigenvalue weighted by atomic mass is 10.2. The van der Waals surface area contributed by atoms with Gasteiger partial charge in [-0.15, -0.1) is 0 Å². The fraction of sp³-hybridized carbons (Fsp3) is 0.308. The first-order valence-electron chi connectivity index (χ1n) is 5.81. The van der Waals surface area contributed by atoms with Crippen molar-refractivity contribution in [1.82, 2.24) is 10.3 Å². The fourth-order valence-electron chi connectivity index (χ4n) is 1.61. The SMILES string of the molecule is CCNCCc1ncc(-c2cc(Br)ccc2Cl)o1. The summed E-state index contributed by atoms with van der Waals surface area (Å²) in [6.07, 6.45) is 2.49. The Morgan fingerprint density at radius 1 is 1.44 bits per heavy atom. The second-order valence-electron chi connectivity index (χ2n) is 3.85. The van der Waals surface area contributed by atoms with Crippen LogP contribution in [0.15, 0.2) is 33.3 Å². The number of nitrogens with one attached hydrogen (secondary N) is 1. The monoisotopic (exact) mass is 328 g/mol. The summed E-state index contributed by atoms with van der Waals surface area (Å²) in [5, 5.41) is 3.89. The topological polar surface area (TPSA) is 38.1 Å². The molecule has 96 valence electrons. The van der Waals surface area contributed by atoms with Gasteiger partial charge in [0.25, 0.3) is 0 Å². The van der Waals surface area contributed by atoms with Gasteiger partial charge in [0.05, 0.1) is 11.2 Å². The van der Waals surface area contributed by atoms with Crippen LogP contribution in [0.4, 0.5) is 0 Å². The first kappa shape index (κ1) is 13.6. The van der Waals surface area contributed by atoms with Gasteiger partial charge in [-0.3, -0.25) is 0 Å². The zero-order valence-corrected chi connectivity index (χ0v) is 12.4. The van der Waals surface area contributed by atoms with Crippen molar-refractivity contribution in [2.45, 2.75) is 13.3 Å². The second kappa shape index (κ2) is 6.36. The van der Waals surface area contributed by atoms with E-state index in [-0.39, 0.29) is 0 Å². The van der Waals surface area contributed by atoms with Gasteiger partial charge in [-0.25, -0.2) is 4.98 Å². The predicted octanol–water partition coefficient (Wildman–Crippen LogP) is 3.91. The Morgan fingerprint density at radius 2 is 2.28 bits per heavy atom. The van der Waals surface area contributed by atoms with Gasteiger partial charge in [-0.1, -0.05) is 34.5 Å². The lowest BCUT2D eigenvalue weighted by molar-refractivity contribution is 0.497. The number of rotatable bonds is 5. The van der Waals surface area contributed by atoms with Crippen molar-refractivity contribution >= 4 is 27.5 Å². The Kier molecular flexibility index (Phi) is 4.80. The highest BCUT2D eigenvalue weighted by atomic mass is 79.9. The molecule has 1 aromatic carbocycles. The molecule has 0 spiro atoms. The van der Waals surface area contributed by atoms with E-state index >= 15 is 0 Å². The number of benzene rings is 1. The Bertz CT molecular complexity index is 527. The zero-order valence-electron chi connectivity index (χ0n) is 10.0. The largest absolute Gasteiger partial charge is 0.441 e. The number of halogens is 2. The Labute approximate surface area is 120 Å². The molecular weight excluding hydrogens is 316 g/mol. The fourth-order valence-corrected chi connectivity index (χ4v) is 2.18. The summed E-state index contributed by atoms with van der Waals surface area (Å²) < 4.78 is 6.66. The minimum Gasteiger partial charge on any atom is -0.441 e. The third kappa shape index (κ3) is 3.34. The molecule has 0 saturated heterocycles. The number of likely N-dealkylation sites (N-methyl/N-ethyl adjacent to an activating group) is 1. The zero-order chi connectivity index (χ0) is 13.0. The molecule has 1 aromatic heterocycles. The normalized spacial score (nSPS) is 10.8. The van der Waals surface area contributed by atoms with Gasteiger partial charge >= 0.3 is 0 Å². The highest BCUT2D eigenvalue weighted by Gasteiger charge is 2.10. The molecule has 1 N–H and O–H groups in total. The Morgan fingerprint density at radius 3 is 3.06 bits per heavy atom. The standard InChI is InChI=1S/C13H14BrClN2O/c1-2-16-6-5-13-17-8-12(18-13)10-7-9(14)3-4-11(10)15/h3-4,7-8,16H,2,5-6H2,1H3. The Balaban J connectivity index is 2.16. The lowest BCUT2D eigenvalue weighted by Gasteiger charge is -2.01. The van der Waals surface area contributed by atoms with Crippen molar-refractivity contribution in [2.75, 3.05) is 13.1 Å². The maximum Gasteiger partial charge on any atom is 0.196 e. The average molecular weight is 330 g/mol. The van der Waals surface area contributed by atoms with Crippen molar-refractivity contribution in [2.24, 2.45) is 0 Å². The van der Waals surface area contributed by atoms with Crippen molar-refractivity contribution in [3.8, 4) is 11.3 Å². The molecule has 0 bridgehead atoms. The molecule has 0 unspecified atom stereocenters. The molecule has 0 aliphatic carbocycles. The number of nitrogens with zero attached hydrogens (tertiary/aromatic N) is 1. The lowest BCUT2D eigenvalue weighted by Crippen LogP contribution is -2.16. The summed E-state index contributed by atoms with van der Waals surface area (Å²) in [5.74, 6) is 1.43. The van der Waals surface area contributed by atoms with Crippen molar-refractivity contribution in [3.63, 3.8) is 0 Å². The van der Waals surface area contributed by atoms with Gasteiger partial charge in [-0.05, 0) is 24.7 Å². The summed E-state index contributed by atoms with van der Waals surface area (Å²) in [4.78, 5) is 4.25. The van der Waals surface area contributed by atoms with Crippen LogP contribution in [0, 0.1) is 0 Å². The van der Waals surface area contributed by atoms with Gasteiger partial charge in [0, 0.05) is 23.0 Å². The highest BCUT2D eigenvalue weighted by Crippen LogP contribution is 2.31. The maximum absolute atomic E-state index is 6.15. The quantitative estimate of drug-likeness (QED) is 0.845. The number of hydrogen-bond donors (Lipinski definition) is 1. The first-order valence-corrected chi connectivity index (χ1v) is 6.98. The van der Waals surface area contributed by atoms with Gasteiger partial charge in [0.2, 0.25) is 0 Å². The van der Waals surface area contributed by atoms with E-state index in [1.807, 2.05) is 18.2 Å². The van der Waals surface area contributed by atoms with Crippen LogP contribution in [0.3, 0.4) is 0 Å². The molecule has 3 nitrogen and oxygen atoms in total. The van der Waals surface area contributed by atoms with Crippen LogP contribution in [0.25, 0.3) is 11.3 Å². The number of hydrogen-bond acceptors (Lipinski definition) is 3. The summed E-state index contributed by atoms with van der Waals surface area (Å²) in [7, 11) is 0. The maximum atomic E-state index is 6.15. The highest BCUT2D eigenvalue weighted by molar-refractivity contribution is 9.10. The molecule has 2 aromatic rings. The molecule has 1 heterocycles. The van der Waals surface area contributed by atoms with Crippen LogP contribution < -0.4 is 5.32 Å². The smallest absolute Gasteiger partial charge is 0.196 e. The third-order valence-corrected chi connectivity index (χ3v) is 3.34. The van der Waals surface area contributed by atoms with E-state index in [4.69, 9.17) is 16.0 Å². The molecule has 0 saturated carbocycles. The van der Waals surface area contributed by atoms with Crippen LogP contribution in [0.2, 0.25) is 5.02 Å². The summed E-state index contributed by atoms with van der Waals surface area (Å²) in [6.45, 7) is 3.88. The molecule has 0 radical (unpaired) electrons. The minimum atomic E-state index is 0.660. The number of oxazole rings is 1. The number of aromatic nitrogens is 1. The van der Waals surface area contributed by atoms with E-state index in [1.165, 1.54) is 0 Å². The first-order chi connectivity index (χ1) is 8.70. The predicted molar refractivity (Wildman–Crippen MR) is 76.9 cm³/mol. The Hall–Kier alpha value is -0.840. The van der Waals surface area contributed by atoms with E-state index in [0.29, 0.717) is 10.8 Å². The molecule has 0 atom stereocenters. The van der Waals surface area contributed by atoms with Gasteiger partial charge in [-0.2, -0.15) is 0 Å². The molecule has 0 aliphatic heterocycles. The van der Waals surface area contributed by atoms with E-state index < -0.39 is 0 Å². The molecule has 18 heavy (non-hydrogen) atoms. The van der Waals surface area contributed by atoms with Crippen molar-refractivity contribution in [3.05, 3.63) is 39.8 Å². The van der Waals surface area contributed by atoms with E-state index in [9.17, 15) is 0 Å². The third-order valence-electron chi connectivity index (χ3n) is 2.51. The molecule has 5 heteroatoms. The molecule has 0 amide bonds. The van der Waals surface area contributed by atoms with Crippen LogP contribution in [-0.2, 0) is 6.42 Å². The molecule has 0 aliphatic rings. The summed E-state index contributed by atoms with van der Waals surface area (Å²) in [5.41, 5.74) is 0.855. The van der Waals surface area contributed by atoms with Gasteiger partial charge < -0.3 is 9.73 Å². The van der Waals surface area contributed by atoms with E-state index in [0.717, 1.165) is 35.4 Å². The average Bonchev–Trinajstić information content (AvgIpc) is 2.81. The van der Waals surface area contributed by atoms with Crippen molar-refractivity contribution in [1.29, 1.82) is 0 Å². The van der Waals surface area contributed by atoms with E-state index in [2.05, 4.69) is 33.2 Å². The summed E-state index contributed by atoms with van der Waals surface area (Å²) >= 11 is 9.57.